The van der Waals surface area contributed by atoms with Crippen molar-refractivity contribution in [2.24, 2.45) is 0 Å². The van der Waals surface area contributed by atoms with Gasteiger partial charge in [0.05, 0.1) is 18.4 Å². The number of ether oxygens (including phenoxy) is 1. The van der Waals surface area contributed by atoms with Gasteiger partial charge in [-0.1, -0.05) is 36.9 Å². The van der Waals surface area contributed by atoms with Crippen LogP contribution in [0.25, 0.3) is 22.5 Å². The fourth-order valence-corrected chi connectivity index (χ4v) is 3.13. The van der Waals surface area contributed by atoms with E-state index < -0.39 is 0 Å². The third-order valence-electron chi connectivity index (χ3n) is 3.38. The summed E-state index contributed by atoms with van der Waals surface area (Å²) in [5.74, 6) is 0.878. The van der Waals surface area contributed by atoms with Crippen LogP contribution >= 0.6 is 11.8 Å². The minimum Gasteiger partial charge on any atom is -0.465 e. The Bertz CT molecular complexity index is 833. The molecule has 6 heteroatoms. The second-order valence-electron chi connectivity index (χ2n) is 5.27. The molecule has 1 aromatic carbocycles. The van der Waals surface area contributed by atoms with Gasteiger partial charge in [0, 0.05) is 5.39 Å². The lowest BCUT2D eigenvalue weighted by Crippen LogP contribution is -2.17. The summed E-state index contributed by atoms with van der Waals surface area (Å²) in [5, 5.41) is 1.31. The third-order valence-corrected chi connectivity index (χ3v) is 4.46. The van der Waals surface area contributed by atoms with E-state index in [-0.39, 0.29) is 11.2 Å². The van der Waals surface area contributed by atoms with E-state index in [0.717, 1.165) is 22.3 Å². The van der Waals surface area contributed by atoms with Crippen LogP contribution in [0.3, 0.4) is 0 Å². The van der Waals surface area contributed by atoms with Crippen LogP contribution < -0.4 is 0 Å². The first-order chi connectivity index (χ1) is 11.7. The minimum atomic E-state index is -0.348. The molecule has 0 aliphatic carbocycles. The molecule has 0 aliphatic heterocycles. The number of nitrogens with zero attached hydrogens (tertiary/aromatic N) is 2. The normalized spacial score (nSPS) is 12.2. The van der Waals surface area contributed by atoms with Crippen molar-refractivity contribution in [1.82, 2.24) is 9.97 Å². The average molecular weight is 342 g/mol. The Kier molecular flexibility index (Phi) is 5.15. The van der Waals surface area contributed by atoms with E-state index in [0.29, 0.717) is 18.2 Å². The minimum absolute atomic E-state index is 0.232. The summed E-state index contributed by atoms with van der Waals surface area (Å²) < 4.78 is 10.6. The molecule has 0 fully saturated rings. The monoisotopic (exact) mass is 342 g/mol. The number of esters is 1. The summed E-state index contributed by atoms with van der Waals surface area (Å²) >= 11 is 1.38. The van der Waals surface area contributed by atoms with Crippen molar-refractivity contribution < 1.29 is 13.9 Å². The maximum absolute atomic E-state index is 12.1. The predicted octanol–water partition coefficient (Wildman–Crippen LogP) is 4.32. The molecule has 2 heterocycles. The molecular weight excluding hydrogens is 324 g/mol. The molecule has 24 heavy (non-hydrogen) atoms. The second-order valence-corrected chi connectivity index (χ2v) is 6.60. The quantitative estimate of drug-likeness (QED) is 0.377. The van der Waals surface area contributed by atoms with E-state index in [2.05, 4.69) is 9.97 Å². The highest BCUT2D eigenvalue weighted by molar-refractivity contribution is 8.00. The number of fused-ring (bicyclic) bond motifs is 1. The maximum Gasteiger partial charge on any atom is 0.319 e. The van der Waals surface area contributed by atoms with Crippen molar-refractivity contribution in [2.75, 3.05) is 6.61 Å². The summed E-state index contributed by atoms with van der Waals surface area (Å²) in [4.78, 5) is 21.2. The number of rotatable bonds is 6. The Labute approximate surface area is 144 Å². The van der Waals surface area contributed by atoms with Crippen LogP contribution in [-0.4, -0.2) is 27.8 Å². The molecule has 1 unspecified atom stereocenters. The Morgan fingerprint density at radius 3 is 2.83 bits per heavy atom. The smallest absolute Gasteiger partial charge is 0.319 e. The van der Waals surface area contributed by atoms with Crippen molar-refractivity contribution >= 4 is 28.6 Å². The van der Waals surface area contributed by atoms with Crippen molar-refractivity contribution in [3.8, 4) is 11.6 Å². The molecule has 0 saturated heterocycles. The third kappa shape index (κ3) is 3.59. The number of benzene rings is 1. The van der Waals surface area contributed by atoms with Crippen LogP contribution in [0.5, 0.6) is 0 Å². The zero-order chi connectivity index (χ0) is 16.9. The highest BCUT2D eigenvalue weighted by Crippen LogP contribution is 2.31. The van der Waals surface area contributed by atoms with Gasteiger partial charge in [-0.3, -0.25) is 4.79 Å². The molecule has 0 radical (unpaired) electrons. The lowest BCUT2D eigenvalue weighted by Gasteiger charge is -2.12. The Morgan fingerprint density at radius 2 is 2.08 bits per heavy atom. The van der Waals surface area contributed by atoms with Crippen molar-refractivity contribution in [1.29, 1.82) is 0 Å². The number of thioether (sulfide) groups is 1. The molecule has 0 amide bonds. The fourth-order valence-electron chi connectivity index (χ4n) is 2.19. The second kappa shape index (κ2) is 7.49. The zero-order valence-corrected chi connectivity index (χ0v) is 14.4. The molecule has 0 aliphatic rings. The summed E-state index contributed by atoms with van der Waals surface area (Å²) in [5.41, 5.74) is 0.815. The van der Waals surface area contributed by atoms with E-state index >= 15 is 0 Å². The summed E-state index contributed by atoms with van der Waals surface area (Å²) in [6, 6.07) is 11.3. The van der Waals surface area contributed by atoms with Crippen molar-refractivity contribution in [2.45, 2.75) is 30.5 Å². The van der Waals surface area contributed by atoms with Gasteiger partial charge in [0.25, 0.3) is 0 Å². The van der Waals surface area contributed by atoms with Gasteiger partial charge in [-0.2, -0.15) is 0 Å². The van der Waals surface area contributed by atoms with Gasteiger partial charge < -0.3 is 9.15 Å². The predicted molar refractivity (Wildman–Crippen MR) is 93.8 cm³/mol. The van der Waals surface area contributed by atoms with Crippen LogP contribution in [0.1, 0.15) is 20.3 Å². The lowest BCUT2D eigenvalue weighted by molar-refractivity contribution is -0.142. The molecule has 5 nitrogen and oxygen atoms in total. The maximum atomic E-state index is 12.1. The zero-order valence-electron chi connectivity index (χ0n) is 13.6. The van der Waals surface area contributed by atoms with Gasteiger partial charge in [0.15, 0.2) is 11.6 Å². The molecular formula is C18H18N2O3S. The molecule has 3 rings (SSSR count). The highest BCUT2D eigenvalue weighted by atomic mass is 32.2. The summed E-state index contributed by atoms with van der Waals surface area (Å²) in [6.07, 6.45) is 2.40. The van der Waals surface area contributed by atoms with Crippen LogP contribution in [-0.2, 0) is 9.53 Å². The van der Waals surface area contributed by atoms with Crippen molar-refractivity contribution in [3.05, 3.63) is 42.7 Å². The highest BCUT2D eigenvalue weighted by Gasteiger charge is 2.19. The standard InChI is InChI=1S/C18H18N2O3S/c1-3-10-23-18(21)12(2)24-17-13-7-4-5-8-14(13)19-16(20-17)15-9-6-11-22-15/h4-9,11-12H,3,10H2,1-2H3. The summed E-state index contributed by atoms with van der Waals surface area (Å²) in [6.45, 7) is 4.23. The average Bonchev–Trinajstić information content (AvgIpc) is 3.14. The van der Waals surface area contributed by atoms with E-state index in [9.17, 15) is 4.79 Å². The van der Waals surface area contributed by atoms with Crippen LogP contribution in [0.15, 0.2) is 52.1 Å². The number of furan rings is 1. The Morgan fingerprint density at radius 1 is 1.25 bits per heavy atom. The van der Waals surface area contributed by atoms with Gasteiger partial charge in [-0.15, -0.1) is 0 Å². The van der Waals surface area contributed by atoms with Gasteiger partial charge in [0.2, 0.25) is 0 Å². The number of carbonyl (C=O) groups excluding carboxylic acids is 1. The Hall–Kier alpha value is -2.34. The largest absolute Gasteiger partial charge is 0.465 e. The lowest BCUT2D eigenvalue weighted by atomic mass is 10.2. The SMILES string of the molecule is CCCOC(=O)C(C)Sc1nc(-c2ccco2)nc2ccccc12. The molecule has 0 spiro atoms. The van der Waals surface area contributed by atoms with Crippen molar-refractivity contribution in [3.63, 3.8) is 0 Å². The number of hydrogen-bond acceptors (Lipinski definition) is 6. The molecule has 1 atom stereocenters. The molecule has 0 N–H and O–H groups in total. The molecule has 0 saturated carbocycles. The topological polar surface area (TPSA) is 65.2 Å². The van der Waals surface area contributed by atoms with Gasteiger partial charge >= 0.3 is 5.97 Å². The van der Waals surface area contributed by atoms with E-state index in [4.69, 9.17) is 9.15 Å². The number of carbonyl (C=O) groups is 1. The number of para-hydroxylation sites is 1. The van der Waals surface area contributed by atoms with Gasteiger partial charge in [-0.25, -0.2) is 9.97 Å². The molecule has 124 valence electrons. The van der Waals surface area contributed by atoms with E-state index in [1.165, 1.54) is 11.8 Å². The summed E-state index contributed by atoms with van der Waals surface area (Å²) in [7, 11) is 0. The fraction of sp³-hybridized carbons (Fsp3) is 0.278. The molecule has 2 aromatic heterocycles. The van der Waals surface area contributed by atoms with Gasteiger partial charge in [-0.05, 0) is 31.5 Å². The Balaban J connectivity index is 1.95. The number of hydrogen-bond donors (Lipinski definition) is 0. The molecule has 0 bridgehead atoms. The van der Waals surface area contributed by atoms with E-state index in [1.54, 1.807) is 12.3 Å². The van der Waals surface area contributed by atoms with Crippen LogP contribution in [0, 0.1) is 0 Å². The number of aromatic nitrogens is 2. The molecule has 3 aromatic rings. The first-order valence-electron chi connectivity index (χ1n) is 7.83. The first-order valence-corrected chi connectivity index (χ1v) is 8.71. The first kappa shape index (κ1) is 16.5. The van der Waals surface area contributed by atoms with Gasteiger partial charge in [0.1, 0.15) is 10.3 Å². The van der Waals surface area contributed by atoms with Crippen LogP contribution in [0.2, 0.25) is 0 Å². The van der Waals surface area contributed by atoms with Crippen LogP contribution in [0.4, 0.5) is 0 Å². The van der Waals surface area contributed by atoms with E-state index in [1.807, 2.05) is 44.2 Å².